The van der Waals surface area contributed by atoms with Crippen molar-refractivity contribution in [1.82, 2.24) is 0 Å². The van der Waals surface area contributed by atoms with Gasteiger partial charge < -0.3 is 0 Å². The topological polar surface area (TPSA) is 0 Å². The fourth-order valence-corrected chi connectivity index (χ4v) is 3.27. The van der Waals surface area contributed by atoms with Crippen molar-refractivity contribution in [2.24, 2.45) is 0 Å². The number of rotatable bonds is 3. The summed E-state index contributed by atoms with van der Waals surface area (Å²) in [5.41, 5.74) is 3.90. The average Bonchev–Trinajstić information content (AvgIpc) is 2.62. The molecule has 110 valence electrons. The van der Waals surface area contributed by atoms with E-state index in [2.05, 4.69) is 85.4 Å². The standard InChI is InChI=1S/C23H18/c1-2-17-11-13-18(14-12-17)15-23-21-9-5-3-7-19(21)16-20-8-4-6-10-22(20)23/h2-14,16H,1,15H2. The maximum absolute atomic E-state index is 3.83. The molecule has 0 nitrogen and oxygen atoms in total. The largest absolute Gasteiger partial charge is 0.0985 e. The summed E-state index contributed by atoms with van der Waals surface area (Å²) in [5, 5.41) is 5.31. The van der Waals surface area contributed by atoms with Gasteiger partial charge >= 0.3 is 0 Å². The van der Waals surface area contributed by atoms with Crippen LogP contribution in [-0.4, -0.2) is 0 Å². The normalized spacial score (nSPS) is 11.0. The van der Waals surface area contributed by atoms with E-state index in [1.165, 1.54) is 32.7 Å². The van der Waals surface area contributed by atoms with Crippen LogP contribution in [0.15, 0.2) is 85.4 Å². The van der Waals surface area contributed by atoms with Crippen LogP contribution in [0.25, 0.3) is 27.6 Å². The van der Waals surface area contributed by atoms with Crippen LogP contribution in [0.4, 0.5) is 0 Å². The van der Waals surface area contributed by atoms with Gasteiger partial charge in [0.15, 0.2) is 0 Å². The highest BCUT2D eigenvalue weighted by molar-refractivity contribution is 6.02. The van der Waals surface area contributed by atoms with Crippen molar-refractivity contribution in [2.45, 2.75) is 6.42 Å². The van der Waals surface area contributed by atoms with Crippen LogP contribution in [0, 0.1) is 0 Å². The first kappa shape index (κ1) is 13.8. The molecule has 4 rings (SSSR count). The summed E-state index contributed by atoms with van der Waals surface area (Å²) in [5.74, 6) is 0. The first-order valence-corrected chi connectivity index (χ1v) is 7.96. The highest BCUT2D eigenvalue weighted by atomic mass is 14.1. The molecule has 0 aromatic heterocycles. The van der Waals surface area contributed by atoms with E-state index in [-0.39, 0.29) is 0 Å². The van der Waals surface area contributed by atoms with Crippen molar-refractivity contribution >= 4 is 27.6 Å². The van der Waals surface area contributed by atoms with Crippen LogP contribution in [0.3, 0.4) is 0 Å². The van der Waals surface area contributed by atoms with E-state index in [1.807, 2.05) is 6.08 Å². The van der Waals surface area contributed by atoms with Crippen LogP contribution in [0.2, 0.25) is 0 Å². The van der Waals surface area contributed by atoms with Gasteiger partial charge in [0.05, 0.1) is 0 Å². The lowest BCUT2D eigenvalue weighted by Crippen LogP contribution is -1.92. The fourth-order valence-electron chi connectivity index (χ4n) is 3.27. The monoisotopic (exact) mass is 294 g/mol. The second-order valence-electron chi connectivity index (χ2n) is 5.92. The molecule has 0 aliphatic heterocycles. The highest BCUT2D eigenvalue weighted by Crippen LogP contribution is 2.30. The molecule has 0 saturated heterocycles. The van der Waals surface area contributed by atoms with Gasteiger partial charge in [0.1, 0.15) is 0 Å². The van der Waals surface area contributed by atoms with Crippen LogP contribution < -0.4 is 0 Å². The molecule has 0 aliphatic rings. The van der Waals surface area contributed by atoms with Gasteiger partial charge in [-0.25, -0.2) is 0 Å². The summed E-state index contributed by atoms with van der Waals surface area (Å²) in [4.78, 5) is 0. The Kier molecular flexibility index (Phi) is 3.44. The Morgan fingerprint density at radius 3 is 1.83 bits per heavy atom. The second-order valence-corrected chi connectivity index (χ2v) is 5.92. The van der Waals surface area contributed by atoms with Crippen molar-refractivity contribution in [3.8, 4) is 0 Å². The van der Waals surface area contributed by atoms with Gasteiger partial charge in [-0.15, -0.1) is 0 Å². The molecule has 0 N–H and O–H groups in total. The van der Waals surface area contributed by atoms with E-state index in [0.717, 1.165) is 12.0 Å². The van der Waals surface area contributed by atoms with E-state index < -0.39 is 0 Å². The Labute approximate surface area is 136 Å². The molecule has 0 heteroatoms. The Morgan fingerprint density at radius 1 is 0.696 bits per heavy atom. The number of hydrogen-bond acceptors (Lipinski definition) is 0. The minimum Gasteiger partial charge on any atom is -0.0985 e. The minimum atomic E-state index is 0.944. The third kappa shape index (κ3) is 2.53. The summed E-state index contributed by atoms with van der Waals surface area (Å²) < 4.78 is 0. The second kappa shape index (κ2) is 5.73. The third-order valence-electron chi connectivity index (χ3n) is 4.48. The van der Waals surface area contributed by atoms with Gasteiger partial charge in [0.2, 0.25) is 0 Å². The quantitative estimate of drug-likeness (QED) is 0.393. The van der Waals surface area contributed by atoms with E-state index in [0.29, 0.717) is 0 Å². The van der Waals surface area contributed by atoms with Gasteiger partial charge in [0, 0.05) is 0 Å². The molecule has 0 saturated carbocycles. The van der Waals surface area contributed by atoms with Gasteiger partial charge in [-0.3, -0.25) is 0 Å². The third-order valence-corrected chi connectivity index (χ3v) is 4.48. The maximum Gasteiger partial charge on any atom is -0.00134 e. The van der Waals surface area contributed by atoms with Gasteiger partial charge in [-0.2, -0.15) is 0 Å². The molecule has 23 heavy (non-hydrogen) atoms. The summed E-state index contributed by atoms with van der Waals surface area (Å²) >= 11 is 0. The molecule has 0 bridgehead atoms. The van der Waals surface area contributed by atoms with Crippen LogP contribution in [0.5, 0.6) is 0 Å². The molecule has 0 heterocycles. The zero-order valence-electron chi connectivity index (χ0n) is 13.0. The van der Waals surface area contributed by atoms with Crippen molar-refractivity contribution in [2.75, 3.05) is 0 Å². The number of fused-ring (bicyclic) bond motifs is 2. The lowest BCUT2D eigenvalue weighted by molar-refractivity contribution is 1.23. The first-order valence-electron chi connectivity index (χ1n) is 7.96. The fraction of sp³-hybridized carbons (Fsp3) is 0.0435. The molecular formula is C23H18. The van der Waals surface area contributed by atoms with Crippen molar-refractivity contribution in [3.63, 3.8) is 0 Å². The Hall–Kier alpha value is -2.86. The molecule has 0 atom stereocenters. The summed E-state index contributed by atoms with van der Waals surface area (Å²) in [6, 6.07) is 28.3. The van der Waals surface area contributed by atoms with Crippen molar-refractivity contribution < 1.29 is 0 Å². The summed E-state index contributed by atoms with van der Waals surface area (Å²) in [6.45, 7) is 3.83. The van der Waals surface area contributed by atoms with E-state index in [4.69, 9.17) is 0 Å². The minimum absolute atomic E-state index is 0.944. The van der Waals surface area contributed by atoms with E-state index in [9.17, 15) is 0 Å². The first-order chi connectivity index (χ1) is 11.3. The van der Waals surface area contributed by atoms with Gasteiger partial charge in [-0.05, 0) is 50.7 Å². The zero-order valence-corrected chi connectivity index (χ0v) is 13.0. The SMILES string of the molecule is C=Cc1ccc(Cc2c3ccccc3cc3ccccc23)cc1. The molecular weight excluding hydrogens is 276 g/mol. The van der Waals surface area contributed by atoms with Gasteiger partial charge in [-0.1, -0.05) is 85.5 Å². The summed E-state index contributed by atoms with van der Waals surface area (Å²) in [7, 11) is 0. The summed E-state index contributed by atoms with van der Waals surface area (Å²) in [6.07, 6.45) is 2.83. The predicted molar refractivity (Wildman–Crippen MR) is 101 cm³/mol. The average molecular weight is 294 g/mol. The maximum atomic E-state index is 3.83. The van der Waals surface area contributed by atoms with E-state index in [1.54, 1.807) is 0 Å². The van der Waals surface area contributed by atoms with E-state index >= 15 is 0 Å². The molecule has 0 unspecified atom stereocenters. The molecule has 0 radical (unpaired) electrons. The zero-order chi connectivity index (χ0) is 15.6. The van der Waals surface area contributed by atoms with Crippen molar-refractivity contribution in [1.29, 1.82) is 0 Å². The predicted octanol–water partition coefficient (Wildman–Crippen LogP) is 6.23. The van der Waals surface area contributed by atoms with Crippen LogP contribution >= 0.6 is 0 Å². The molecule has 4 aromatic carbocycles. The lowest BCUT2D eigenvalue weighted by atomic mass is 9.92. The highest BCUT2D eigenvalue weighted by Gasteiger charge is 2.08. The molecule has 0 aliphatic carbocycles. The molecule has 0 spiro atoms. The Morgan fingerprint density at radius 2 is 1.26 bits per heavy atom. The number of hydrogen-bond donors (Lipinski definition) is 0. The molecule has 4 aromatic rings. The van der Waals surface area contributed by atoms with Crippen LogP contribution in [-0.2, 0) is 6.42 Å². The van der Waals surface area contributed by atoms with Crippen molar-refractivity contribution in [3.05, 3.63) is 102 Å². The Bertz CT molecular complexity index is 937. The smallest absolute Gasteiger partial charge is 0.00134 e. The molecule has 0 fully saturated rings. The van der Waals surface area contributed by atoms with Gasteiger partial charge in [0.25, 0.3) is 0 Å². The lowest BCUT2D eigenvalue weighted by Gasteiger charge is -2.12. The molecule has 0 amide bonds. The Balaban J connectivity index is 1.92. The van der Waals surface area contributed by atoms with Crippen LogP contribution in [0.1, 0.15) is 16.7 Å². The number of benzene rings is 4.